The molecule has 7 nitrogen and oxygen atoms in total. The van der Waals surface area contributed by atoms with E-state index in [-0.39, 0.29) is 17.9 Å². The first-order valence-corrected chi connectivity index (χ1v) is 9.68. The summed E-state index contributed by atoms with van der Waals surface area (Å²) in [6.45, 7) is 3.84. The first-order valence-electron chi connectivity index (χ1n) is 9.68. The van der Waals surface area contributed by atoms with E-state index < -0.39 is 0 Å². The SMILES string of the molecule is CON(C)C(=O)c1[nH]c(C)c(C2Nc3ccc(C(=O)c4ccccc4)cc3N2)c1C. The van der Waals surface area contributed by atoms with E-state index in [1.807, 2.05) is 62.4 Å². The minimum absolute atomic E-state index is 0.0202. The zero-order valence-corrected chi connectivity index (χ0v) is 17.4. The maximum atomic E-state index is 12.8. The molecule has 2 aromatic carbocycles. The molecule has 2 heterocycles. The highest BCUT2D eigenvalue weighted by molar-refractivity contribution is 6.10. The minimum atomic E-state index is -0.240. The van der Waals surface area contributed by atoms with Crippen LogP contribution in [0.3, 0.4) is 0 Å². The van der Waals surface area contributed by atoms with Crippen molar-refractivity contribution >= 4 is 23.1 Å². The van der Waals surface area contributed by atoms with Crippen molar-refractivity contribution < 1.29 is 14.4 Å². The van der Waals surface area contributed by atoms with Crippen LogP contribution in [-0.2, 0) is 4.84 Å². The van der Waals surface area contributed by atoms with Gasteiger partial charge in [0.05, 0.1) is 18.5 Å². The lowest BCUT2D eigenvalue weighted by molar-refractivity contribution is -0.0760. The number of aryl methyl sites for hydroxylation is 1. The summed E-state index contributed by atoms with van der Waals surface area (Å²) in [7, 11) is 3.03. The van der Waals surface area contributed by atoms with Crippen molar-refractivity contribution in [2.24, 2.45) is 0 Å². The lowest BCUT2D eigenvalue weighted by Gasteiger charge is -2.15. The van der Waals surface area contributed by atoms with Crippen LogP contribution in [0.15, 0.2) is 48.5 Å². The molecule has 7 heteroatoms. The number of carbonyl (C=O) groups is 2. The predicted molar refractivity (Wildman–Crippen MR) is 116 cm³/mol. The van der Waals surface area contributed by atoms with E-state index in [0.717, 1.165) is 28.2 Å². The molecule has 0 radical (unpaired) electrons. The topological polar surface area (TPSA) is 86.5 Å². The van der Waals surface area contributed by atoms with E-state index in [1.165, 1.54) is 12.2 Å². The third-order valence-corrected chi connectivity index (χ3v) is 5.48. The number of nitrogens with one attached hydrogen (secondary N) is 3. The Morgan fingerprint density at radius 2 is 1.67 bits per heavy atom. The van der Waals surface area contributed by atoms with Crippen molar-refractivity contribution in [2.75, 3.05) is 24.8 Å². The smallest absolute Gasteiger partial charge is 0.293 e. The van der Waals surface area contributed by atoms with Crippen LogP contribution in [0.2, 0.25) is 0 Å². The number of hydroxylamine groups is 2. The number of benzene rings is 2. The van der Waals surface area contributed by atoms with Gasteiger partial charge in [-0.3, -0.25) is 14.4 Å². The number of H-pyrrole nitrogens is 1. The second kappa shape index (κ2) is 7.68. The van der Waals surface area contributed by atoms with Gasteiger partial charge in [0.1, 0.15) is 11.9 Å². The Morgan fingerprint density at radius 3 is 2.37 bits per heavy atom. The van der Waals surface area contributed by atoms with Crippen molar-refractivity contribution in [3.8, 4) is 0 Å². The number of hydrogen-bond acceptors (Lipinski definition) is 5. The van der Waals surface area contributed by atoms with E-state index in [9.17, 15) is 9.59 Å². The second-order valence-electron chi connectivity index (χ2n) is 7.33. The summed E-state index contributed by atoms with van der Waals surface area (Å²) >= 11 is 0. The number of carbonyl (C=O) groups excluding carboxylic acids is 2. The molecule has 4 rings (SSSR count). The molecule has 1 aliphatic rings. The fourth-order valence-corrected chi connectivity index (χ4v) is 3.83. The van der Waals surface area contributed by atoms with Gasteiger partial charge in [-0.2, -0.15) is 0 Å². The third-order valence-electron chi connectivity index (χ3n) is 5.48. The normalized spacial score (nSPS) is 14.6. The van der Waals surface area contributed by atoms with Crippen LogP contribution in [0, 0.1) is 13.8 Å². The van der Waals surface area contributed by atoms with E-state index in [0.29, 0.717) is 16.8 Å². The number of aromatic amines is 1. The van der Waals surface area contributed by atoms with Gasteiger partial charge in [-0.1, -0.05) is 30.3 Å². The standard InChI is InChI=1S/C23H24N4O3/c1-13-19(14(2)24-20(13)23(29)27(3)30-4)22-25-17-11-10-16(12-18(17)26-22)21(28)15-8-6-5-7-9-15/h5-12,22,24-26H,1-4H3. The quantitative estimate of drug-likeness (QED) is 0.441. The summed E-state index contributed by atoms with van der Waals surface area (Å²) in [5.74, 6) is -0.260. The van der Waals surface area contributed by atoms with Crippen LogP contribution < -0.4 is 10.6 Å². The van der Waals surface area contributed by atoms with Gasteiger partial charge in [-0.15, -0.1) is 0 Å². The summed E-state index contributed by atoms with van der Waals surface area (Å²) in [6, 6.07) is 14.8. The van der Waals surface area contributed by atoms with E-state index in [2.05, 4.69) is 15.6 Å². The monoisotopic (exact) mass is 404 g/mol. The largest absolute Gasteiger partial charge is 0.360 e. The maximum Gasteiger partial charge on any atom is 0.293 e. The van der Waals surface area contributed by atoms with Crippen molar-refractivity contribution in [2.45, 2.75) is 20.0 Å². The van der Waals surface area contributed by atoms with Crippen LogP contribution in [0.4, 0.5) is 11.4 Å². The Morgan fingerprint density at radius 1 is 0.967 bits per heavy atom. The molecule has 3 N–H and O–H groups in total. The molecule has 0 bridgehead atoms. The van der Waals surface area contributed by atoms with Gasteiger partial charge in [0.25, 0.3) is 5.91 Å². The van der Waals surface area contributed by atoms with Crippen LogP contribution in [0.25, 0.3) is 0 Å². The highest BCUT2D eigenvalue weighted by atomic mass is 16.7. The Kier molecular flexibility index (Phi) is 5.05. The molecule has 0 saturated heterocycles. The van der Waals surface area contributed by atoms with Gasteiger partial charge in [0.15, 0.2) is 5.78 Å². The van der Waals surface area contributed by atoms with Gasteiger partial charge in [0, 0.05) is 29.4 Å². The van der Waals surface area contributed by atoms with Crippen LogP contribution in [-0.4, -0.2) is 35.9 Å². The van der Waals surface area contributed by atoms with Gasteiger partial charge in [0.2, 0.25) is 0 Å². The third kappa shape index (κ3) is 3.33. The lowest BCUT2D eigenvalue weighted by Crippen LogP contribution is -2.26. The number of anilines is 2. The van der Waals surface area contributed by atoms with E-state index in [1.54, 1.807) is 7.05 Å². The van der Waals surface area contributed by atoms with Crippen molar-refractivity contribution in [3.63, 3.8) is 0 Å². The van der Waals surface area contributed by atoms with Crippen LogP contribution in [0.5, 0.6) is 0 Å². The number of rotatable bonds is 5. The molecule has 3 aromatic rings. The fraction of sp³-hybridized carbons (Fsp3) is 0.217. The van der Waals surface area contributed by atoms with Crippen LogP contribution >= 0.6 is 0 Å². The molecule has 0 spiro atoms. The van der Waals surface area contributed by atoms with Gasteiger partial charge < -0.3 is 15.6 Å². The Balaban J connectivity index is 1.61. The molecule has 30 heavy (non-hydrogen) atoms. The maximum absolute atomic E-state index is 12.8. The van der Waals surface area contributed by atoms with Crippen molar-refractivity contribution in [1.82, 2.24) is 10.0 Å². The minimum Gasteiger partial charge on any atom is -0.360 e. The molecule has 1 aromatic heterocycles. The number of fused-ring (bicyclic) bond motifs is 1. The first kappa shape index (κ1) is 19.7. The number of aromatic nitrogens is 1. The summed E-state index contributed by atoms with van der Waals surface area (Å²) < 4.78 is 0. The summed E-state index contributed by atoms with van der Waals surface area (Å²) in [5, 5.41) is 8.06. The molecule has 0 saturated carbocycles. The summed E-state index contributed by atoms with van der Waals surface area (Å²) in [5.41, 5.74) is 6.23. The first-order chi connectivity index (χ1) is 14.4. The van der Waals surface area contributed by atoms with E-state index >= 15 is 0 Å². The van der Waals surface area contributed by atoms with E-state index in [4.69, 9.17) is 4.84 Å². The molecule has 1 aliphatic heterocycles. The second-order valence-corrected chi connectivity index (χ2v) is 7.33. The van der Waals surface area contributed by atoms with Crippen LogP contribution in [0.1, 0.15) is 49.4 Å². The number of nitrogens with zero attached hydrogens (tertiary/aromatic N) is 1. The lowest BCUT2D eigenvalue weighted by atomic mass is 10.0. The summed E-state index contributed by atoms with van der Waals surface area (Å²) in [6.07, 6.45) is -0.215. The van der Waals surface area contributed by atoms with Crippen molar-refractivity contribution in [1.29, 1.82) is 0 Å². The summed E-state index contributed by atoms with van der Waals surface area (Å²) in [4.78, 5) is 33.5. The molecular weight excluding hydrogens is 380 g/mol. The van der Waals surface area contributed by atoms with Gasteiger partial charge in [-0.25, -0.2) is 5.06 Å². The molecular formula is C23H24N4O3. The van der Waals surface area contributed by atoms with Crippen molar-refractivity contribution in [3.05, 3.63) is 82.2 Å². The fourth-order valence-electron chi connectivity index (χ4n) is 3.83. The zero-order chi connectivity index (χ0) is 21.4. The highest BCUT2D eigenvalue weighted by Gasteiger charge is 2.29. The molecule has 1 unspecified atom stereocenters. The van der Waals surface area contributed by atoms with Gasteiger partial charge in [-0.05, 0) is 37.6 Å². The molecule has 0 fully saturated rings. The molecule has 1 amide bonds. The van der Waals surface area contributed by atoms with Gasteiger partial charge >= 0.3 is 0 Å². The number of ketones is 1. The Hall–Kier alpha value is -3.58. The number of hydrogen-bond donors (Lipinski definition) is 3. The molecule has 154 valence electrons. The average Bonchev–Trinajstić information content (AvgIpc) is 3.31. The Labute approximate surface area is 175 Å². The Bertz CT molecular complexity index is 1120. The average molecular weight is 404 g/mol. The number of amides is 1. The highest BCUT2D eigenvalue weighted by Crippen LogP contribution is 2.38. The predicted octanol–water partition coefficient (Wildman–Crippen LogP) is 4.03. The molecule has 1 atom stereocenters. The zero-order valence-electron chi connectivity index (χ0n) is 17.4. The molecule has 0 aliphatic carbocycles.